The molecule has 8 heteroatoms. The quantitative estimate of drug-likeness (QED) is 0.702. The highest BCUT2D eigenvalue weighted by Crippen LogP contribution is 2.13. The minimum atomic E-state index is 0.728. The van der Waals surface area contributed by atoms with Gasteiger partial charge in [-0.1, -0.05) is 18.2 Å². The normalized spacial score (nSPS) is 15.6. The van der Waals surface area contributed by atoms with Crippen LogP contribution in [-0.4, -0.2) is 61.3 Å². The topological polar surface area (TPSA) is 75.9 Å². The molecule has 3 heterocycles. The Balaban J connectivity index is 1.41. The van der Waals surface area contributed by atoms with Gasteiger partial charge >= 0.3 is 0 Å². The molecule has 0 amide bonds. The van der Waals surface area contributed by atoms with E-state index in [1.54, 1.807) is 17.1 Å². The molecule has 1 aliphatic rings. The first-order chi connectivity index (χ1) is 11.9. The fraction of sp³-hybridized carbons (Fsp3) is 0.312. The van der Waals surface area contributed by atoms with E-state index in [1.165, 1.54) is 0 Å². The summed E-state index contributed by atoms with van der Waals surface area (Å²) in [5.74, 6) is 1.65. The Morgan fingerprint density at radius 2 is 1.62 bits per heavy atom. The number of para-hydroxylation sites is 1. The van der Waals surface area contributed by atoms with Crippen molar-refractivity contribution in [1.82, 2.24) is 35.1 Å². The number of tetrazole rings is 1. The monoisotopic (exact) mass is 322 g/mol. The summed E-state index contributed by atoms with van der Waals surface area (Å²) in [6.07, 6.45) is 3.56. The highest BCUT2D eigenvalue weighted by Gasteiger charge is 2.21. The van der Waals surface area contributed by atoms with E-state index in [0.29, 0.717) is 0 Å². The van der Waals surface area contributed by atoms with Gasteiger partial charge in [0.25, 0.3) is 0 Å². The van der Waals surface area contributed by atoms with Crippen molar-refractivity contribution in [3.63, 3.8) is 0 Å². The largest absolute Gasteiger partial charge is 0.338 e. The average Bonchev–Trinajstić information content (AvgIpc) is 3.12. The molecule has 122 valence electrons. The third-order valence-corrected chi connectivity index (χ3v) is 4.11. The lowest BCUT2D eigenvalue weighted by atomic mass is 10.3. The maximum atomic E-state index is 4.32. The Hall–Kier alpha value is -2.87. The molecule has 24 heavy (non-hydrogen) atoms. The van der Waals surface area contributed by atoms with Gasteiger partial charge in [0.2, 0.25) is 5.95 Å². The number of hydrogen-bond acceptors (Lipinski definition) is 7. The summed E-state index contributed by atoms with van der Waals surface area (Å²) >= 11 is 0. The van der Waals surface area contributed by atoms with Gasteiger partial charge in [0.15, 0.2) is 5.82 Å². The van der Waals surface area contributed by atoms with Crippen LogP contribution in [0.15, 0.2) is 48.8 Å². The molecule has 0 bridgehead atoms. The molecule has 0 unspecified atom stereocenters. The molecule has 0 aliphatic carbocycles. The van der Waals surface area contributed by atoms with Crippen molar-refractivity contribution in [3.8, 4) is 5.69 Å². The lowest BCUT2D eigenvalue weighted by Crippen LogP contribution is -2.46. The van der Waals surface area contributed by atoms with Crippen LogP contribution >= 0.6 is 0 Å². The Labute approximate surface area is 139 Å². The molecule has 8 nitrogen and oxygen atoms in total. The summed E-state index contributed by atoms with van der Waals surface area (Å²) in [4.78, 5) is 13.2. The van der Waals surface area contributed by atoms with Gasteiger partial charge in [0.1, 0.15) is 0 Å². The molecule has 3 aromatic rings. The van der Waals surface area contributed by atoms with Gasteiger partial charge in [-0.15, -0.1) is 5.10 Å². The van der Waals surface area contributed by atoms with E-state index >= 15 is 0 Å². The van der Waals surface area contributed by atoms with Crippen LogP contribution in [0, 0.1) is 0 Å². The minimum absolute atomic E-state index is 0.728. The molecular weight excluding hydrogens is 304 g/mol. The summed E-state index contributed by atoms with van der Waals surface area (Å²) in [6, 6.07) is 11.8. The van der Waals surface area contributed by atoms with Gasteiger partial charge in [-0.25, -0.2) is 9.97 Å². The second kappa shape index (κ2) is 6.71. The van der Waals surface area contributed by atoms with Crippen molar-refractivity contribution in [2.75, 3.05) is 31.1 Å². The number of hydrogen-bond donors (Lipinski definition) is 0. The van der Waals surface area contributed by atoms with Crippen molar-refractivity contribution in [1.29, 1.82) is 0 Å². The third kappa shape index (κ3) is 3.09. The molecule has 0 spiro atoms. The van der Waals surface area contributed by atoms with Gasteiger partial charge in [-0.05, 0) is 28.6 Å². The predicted octanol–water partition coefficient (Wildman–Crippen LogP) is 0.774. The zero-order valence-corrected chi connectivity index (χ0v) is 13.2. The maximum Gasteiger partial charge on any atom is 0.225 e. The highest BCUT2D eigenvalue weighted by molar-refractivity contribution is 5.31. The Kier molecular flexibility index (Phi) is 4.11. The Bertz CT molecular complexity index is 765. The molecule has 4 rings (SSSR count). The van der Waals surface area contributed by atoms with E-state index in [0.717, 1.165) is 50.2 Å². The Morgan fingerprint density at radius 3 is 2.38 bits per heavy atom. The lowest BCUT2D eigenvalue weighted by Gasteiger charge is -2.34. The van der Waals surface area contributed by atoms with Gasteiger partial charge < -0.3 is 4.90 Å². The molecule has 1 fully saturated rings. The molecular formula is C16H18N8. The van der Waals surface area contributed by atoms with Crippen LogP contribution in [0.25, 0.3) is 5.69 Å². The number of anilines is 1. The first-order valence-corrected chi connectivity index (χ1v) is 7.97. The summed E-state index contributed by atoms with van der Waals surface area (Å²) < 4.78 is 1.80. The van der Waals surface area contributed by atoms with Crippen LogP contribution in [0.1, 0.15) is 5.82 Å². The average molecular weight is 322 g/mol. The maximum absolute atomic E-state index is 4.32. The van der Waals surface area contributed by atoms with E-state index in [4.69, 9.17) is 0 Å². The van der Waals surface area contributed by atoms with E-state index in [-0.39, 0.29) is 0 Å². The fourth-order valence-corrected chi connectivity index (χ4v) is 2.83. The molecule has 1 saturated heterocycles. The van der Waals surface area contributed by atoms with Crippen molar-refractivity contribution in [3.05, 3.63) is 54.6 Å². The Morgan fingerprint density at radius 1 is 0.875 bits per heavy atom. The summed E-state index contributed by atoms with van der Waals surface area (Å²) in [7, 11) is 0. The first kappa shape index (κ1) is 14.7. The number of benzene rings is 1. The molecule has 2 aromatic heterocycles. The van der Waals surface area contributed by atoms with Crippen molar-refractivity contribution in [2.45, 2.75) is 6.54 Å². The van der Waals surface area contributed by atoms with E-state index in [2.05, 4.69) is 35.3 Å². The van der Waals surface area contributed by atoms with E-state index < -0.39 is 0 Å². The smallest absolute Gasteiger partial charge is 0.225 e. The van der Waals surface area contributed by atoms with Crippen LogP contribution in [0.5, 0.6) is 0 Å². The zero-order chi connectivity index (χ0) is 16.2. The van der Waals surface area contributed by atoms with Crippen molar-refractivity contribution < 1.29 is 0 Å². The van der Waals surface area contributed by atoms with Crippen molar-refractivity contribution >= 4 is 5.95 Å². The zero-order valence-electron chi connectivity index (χ0n) is 13.2. The molecule has 1 aliphatic heterocycles. The SMILES string of the molecule is c1ccc(-n2nnnc2CN2CCN(c3ncccn3)CC2)cc1. The molecule has 0 N–H and O–H groups in total. The second-order valence-corrected chi connectivity index (χ2v) is 5.65. The summed E-state index contributed by atoms with van der Waals surface area (Å²) in [6.45, 7) is 4.39. The van der Waals surface area contributed by atoms with Crippen LogP contribution in [0.2, 0.25) is 0 Å². The fourth-order valence-electron chi connectivity index (χ4n) is 2.83. The second-order valence-electron chi connectivity index (χ2n) is 5.65. The number of aromatic nitrogens is 6. The van der Waals surface area contributed by atoms with Gasteiger partial charge in [-0.3, -0.25) is 4.90 Å². The minimum Gasteiger partial charge on any atom is -0.338 e. The number of nitrogens with zero attached hydrogens (tertiary/aromatic N) is 8. The van der Waals surface area contributed by atoms with Crippen LogP contribution < -0.4 is 4.90 Å². The molecule has 0 saturated carbocycles. The van der Waals surface area contributed by atoms with Crippen molar-refractivity contribution in [2.24, 2.45) is 0 Å². The third-order valence-electron chi connectivity index (χ3n) is 4.11. The van der Waals surface area contributed by atoms with E-state index in [1.807, 2.05) is 36.4 Å². The number of piperazine rings is 1. The van der Waals surface area contributed by atoms with Crippen LogP contribution in [0.4, 0.5) is 5.95 Å². The molecule has 0 radical (unpaired) electrons. The highest BCUT2D eigenvalue weighted by atomic mass is 15.5. The van der Waals surface area contributed by atoms with Crippen LogP contribution in [-0.2, 0) is 6.54 Å². The molecule has 1 aromatic carbocycles. The molecule has 0 atom stereocenters. The summed E-state index contributed by atoms with van der Waals surface area (Å²) in [5, 5.41) is 12.1. The first-order valence-electron chi connectivity index (χ1n) is 7.97. The number of rotatable bonds is 4. The van der Waals surface area contributed by atoms with Gasteiger partial charge in [-0.2, -0.15) is 4.68 Å². The lowest BCUT2D eigenvalue weighted by molar-refractivity contribution is 0.241. The standard InChI is InChI=1S/C16H18N8/c1-2-5-14(6-3-1)24-15(19-20-21-24)13-22-9-11-23(12-10-22)16-17-7-4-8-18-16/h1-8H,9-13H2. The van der Waals surface area contributed by atoms with Gasteiger partial charge in [0, 0.05) is 38.6 Å². The predicted molar refractivity (Wildman–Crippen MR) is 88.7 cm³/mol. The van der Waals surface area contributed by atoms with E-state index in [9.17, 15) is 0 Å². The van der Waals surface area contributed by atoms with Gasteiger partial charge in [0.05, 0.1) is 12.2 Å². The summed E-state index contributed by atoms with van der Waals surface area (Å²) in [5.41, 5.74) is 0.980. The van der Waals surface area contributed by atoms with Crippen LogP contribution in [0.3, 0.4) is 0 Å².